The fourth-order valence-corrected chi connectivity index (χ4v) is 1.88. The van der Waals surface area contributed by atoms with Gasteiger partial charge in [-0.05, 0) is 42.1 Å². The summed E-state index contributed by atoms with van der Waals surface area (Å²) in [6.45, 7) is 5.03. The molecule has 0 aliphatic heterocycles. The van der Waals surface area contributed by atoms with E-state index in [2.05, 4.69) is 68.0 Å². The lowest BCUT2D eigenvalue weighted by atomic mass is 10.0. The lowest BCUT2D eigenvalue weighted by Crippen LogP contribution is -2.13. The minimum absolute atomic E-state index is 0.901. The van der Waals surface area contributed by atoms with E-state index < -0.39 is 0 Å². The maximum atomic E-state index is 4.13. The Morgan fingerprint density at radius 3 is 2.44 bits per heavy atom. The van der Waals surface area contributed by atoms with E-state index in [1.54, 1.807) is 0 Å². The van der Waals surface area contributed by atoms with Gasteiger partial charge >= 0.3 is 0 Å². The van der Waals surface area contributed by atoms with Crippen LogP contribution in [0.4, 0.5) is 0 Å². The normalized spacial score (nSPS) is 10.9. The molecule has 0 saturated carbocycles. The number of hydrogen-bond donors (Lipinski definition) is 0. The van der Waals surface area contributed by atoms with Crippen molar-refractivity contribution < 1.29 is 0 Å². The Morgan fingerprint density at radius 1 is 1.06 bits per heavy atom. The van der Waals surface area contributed by atoms with Gasteiger partial charge in [-0.15, -0.1) is 0 Å². The van der Waals surface area contributed by atoms with Crippen molar-refractivity contribution in [2.24, 2.45) is 0 Å². The van der Waals surface area contributed by atoms with E-state index in [-0.39, 0.29) is 0 Å². The van der Waals surface area contributed by atoms with E-state index in [1.807, 2.05) is 0 Å². The van der Waals surface area contributed by atoms with Crippen LogP contribution in [0.3, 0.4) is 0 Å². The summed E-state index contributed by atoms with van der Waals surface area (Å²) >= 11 is 0. The quantitative estimate of drug-likeness (QED) is 0.752. The highest BCUT2D eigenvalue weighted by Gasteiger charge is 2.01. The standard InChI is InChI=1S/C15H17N/c1-12(11-16(2)3)14-9-8-13-6-4-5-7-15(13)10-14/h4-10H,1,11H2,2-3H3. The molecule has 2 aromatic carbocycles. The Labute approximate surface area is 97.0 Å². The molecule has 0 aliphatic rings. The SMILES string of the molecule is C=C(CN(C)C)c1ccc2ccccc2c1. The van der Waals surface area contributed by atoms with Crippen molar-refractivity contribution in [1.29, 1.82) is 0 Å². The summed E-state index contributed by atoms with van der Waals surface area (Å²) in [6.07, 6.45) is 0. The summed E-state index contributed by atoms with van der Waals surface area (Å²) < 4.78 is 0. The van der Waals surface area contributed by atoms with Crippen molar-refractivity contribution in [2.45, 2.75) is 0 Å². The summed E-state index contributed by atoms with van der Waals surface area (Å²) in [6, 6.07) is 14.9. The molecule has 1 nitrogen and oxygen atoms in total. The van der Waals surface area contributed by atoms with Crippen molar-refractivity contribution in [3.63, 3.8) is 0 Å². The number of likely N-dealkylation sites (N-methyl/N-ethyl adjacent to an activating group) is 1. The third-order valence-electron chi connectivity index (χ3n) is 2.66. The molecule has 1 heteroatoms. The number of nitrogens with zero attached hydrogens (tertiary/aromatic N) is 1. The molecule has 0 amide bonds. The smallest absolute Gasteiger partial charge is 0.0227 e. The highest BCUT2D eigenvalue weighted by Crippen LogP contribution is 2.20. The summed E-state index contributed by atoms with van der Waals surface area (Å²) in [5.41, 5.74) is 2.39. The molecule has 0 aromatic heterocycles. The Kier molecular flexibility index (Phi) is 3.07. The van der Waals surface area contributed by atoms with E-state index in [4.69, 9.17) is 0 Å². The van der Waals surface area contributed by atoms with Gasteiger partial charge in [-0.1, -0.05) is 43.0 Å². The summed E-state index contributed by atoms with van der Waals surface area (Å²) in [7, 11) is 4.12. The molecule has 82 valence electrons. The second-order valence-electron chi connectivity index (χ2n) is 4.40. The molecule has 0 radical (unpaired) electrons. The van der Waals surface area contributed by atoms with Crippen molar-refractivity contribution in [2.75, 3.05) is 20.6 Å². The monoisotopic (exact) mass is 211 g/mol. The van der Waals surface area contributed by atoms with Crippen LogP contribution < -0.4 is 0 Å². The number of rotatable bonds is 3. The predicted molar refractivity (Wildman–Crippen MR) is 71.5 cm³/mol. The molecule has 0 N–H and O–H groups in total. The number of fused-ring (bicyclic) bond motifs is 1. The average Bonchev–Trinajstić information content (AvgIpc) is 2.27. The van der Waals surface area contributed by atoms with E-state index >= 15 is 0 Å². The van der Waals surface area contributed by atoms with Crippen molar-refractivity contribution in [3.8, 4) is 0 Å². The second kappa shape index (κ2) is 4.50. The molecule has 0 heterocycles. The minimum atomic E-state index is 0.901. The van der Waals surface area contributed by atoms with Gasteiger partial charge in [-0.2, -0.15) is 0 Å². The molecule has 2 rings (SSSR count). The van der Waals surface area contributed by atoms with Gasteiger partial charge in [0.25, 0.3) is 0 Å². The zero-order chi connectivity index (χ0) is 11.5. The average molecular weight is 211 g/mol. The molecule has 2 aromatic rings. The number of benzene rings is 2. The highest BCUT2D eigenvalue weighted by atomic mass is 15.0. The first kappa shape index (κ1) is 10.9. The fourth-order valence-electron chi connectivity index (χ4n) is 1.88. The summed E-state index contributed by atoms with van der Waals surface area (Å²) in [4.78, 5) is 2.14. The van der Waals surface area contributed by atoms with Crippen LogP contribution in [0.2, 0.25) is 0 Å². The molecule has 0 saturated heterocycles. The minimum Gasteiger partial charge on any atom is -0.305 e. The number of hydrogen-bond acceptors (Lipinski definition) is 1. The first-order valence-electron chi connectivity index (χ1n) is 5.48. The van der Waals surface area contributed by atoms with Gasteiger partial charge < -0.3 is 4.90 Å². The third-order valence-corrected chi connectivity index (χ3v) is 2.66. The molecule has 0 aliphatic carbocycles. The maximum Gasteiger partial charge on any atom is 0.0227 e. The lowest BCUT2D eigenvalue weighted by Gasteiger charge is -2.12. The van der Waals surface area contributed by atoms with Crippen molar-refractivity contribution >= 4 is 16.3 Å². The van der Waals surface area contributed by atoms with Gasteiger partial charge in [-0.3, -0.25) is 0 Å². The second-order valence-corrected chi connectivity index (χ2v) is 4.40. The van der Waals surface area contributed by atoms with Gasteiger partial charge in [0.05, 0.1) is 0 Å². The van der Waals surface area contributed by atoms with Crippen LogP contribution in [0.15, 0.2) is 49.0 Å². The Morgan fingerprint density at radius 2 is 1.75 bits per heavy atom. The summed E-state index contributed by atoms with van der Waals surface area (Å²) in [5.74, 6) is 0. The van der Waals surface area contributed by atoms with Gasteiger partial charge in [0.2, 0.25) is 0 Å². The van der Waals surface area contributed by atoms with Gasteiger partial charge in [0, 0.05) is 6.54 Å². The van der Waals surface area contributed by atoms with Crippen LogP contribution in [-0.4, -0.2) is 25.5 Å². The first-order valence-corrected chi connectivity index (χ1v) is 5.48. The molecule has 0 fully saturated rings. The van der Waals surface area contributed by atoms with E-state index in [9.17, 15) is 0 Å². The first-order chi connectivity index (χ1) is 7.66. The zero-order valence-electron chi connectivity index (χ0n) is 9.90. The van der Waals surface area contributed by atoms with Crippen LogP contribution in [-0.2, 0) is 0 Å². The van der Waals surface area contributed by atoms with E-state index in [0.29, 0.717) is 0 Å². The van der Waals surface area contributed by atoms with E-state index in [1.165, 1.54) is 16.3 Å². The molecule has 0 atom stereocenters. The highest BCUT2D eigenvalue weighted by molar-refractivity contribution is 5.86. The van der Waals surface area contributed by atoms with Crippen LogP contribution in [0.25, 0.3) is 16.3 Å². The van der Waals surface area contributed by atoms with E-state index in [0.717, 1.165) is 12.1 Å². The summed E-state index contributed by atoms with van der Waals surface area (Å²) in [5, 5.41) is 2.56. The van der Waals surface area contributed by atoms with Crippen LogP contribution >= 0.6 is 0 Å². The third kappa shape index (κ3) is 2.31. The molecule has 0 spiro atoms. The molecule has 16 heavy (non-hydrogen) atoms. The zero-order valence-corrected chi connectivity index (χ0v) is 9.90. The maximum absolute atomic E-state index is 4.13. The topological polar surface area (TPSA) is 3.24 Å². The molecule has 0 bridgehead atoms. The Balaban J connectivity index is 2.35. The van der Waals surface area contributed by atoms with Gasteiger partial charge in [-0.25, -0.2) is 0 Å². The molecule has 0 unspecified atom stereocenters. The van der Waals surface area contributed by atoms with Gasteiger partial charge in [0.15, 0.2) is 0 Å². The van der Waals surface area contributed by atoms with Crippen molar-refractivity contribution in [1.82, 2.24) is 4.90 Å². The van der Waals surface area contributed by atoms with Crippen LogP contribution in [0, 0.1) is 0 Å². The van der Waals surface area contributed by atoms with Crippen LogP contribution in [0.5, 0.6) is 0 Å². The molecular formula is C15H17N. The molecular weight excluding hydrogens is 194 g/mol. The van der Waals surface area contributed by atoms with Crippen LogP contribution in [0.1, 0.15) is 5.56 Å². The fraction of sp³-hybridized carbons (Fsp3) is 0.200. The van der Waals surface area contributed by atoms with Crippen molar-refractivity contribution in [3.05, 3.63) is 54.6 Å². The Bertz CT molecular complexity index is 512. The Hall–Kier alpha value is -1.60. The van der Waals surface area contributed by atoms with Gasteiger partial charge in [0.1, 0.15) is 0 Å². The lowest BCUT2D eigenvalue weighted by molar-refractivity contribution is 0.463. The predicted octanol–water partition coefficient (Wildman–Crippen LogP) is 3.41. The largest absolute Gasteiger partial charge is 0.305 e.